The number of allylic oxidation sites excluding steroid dienone is 3. The average molecular weight is 389 g/mol. The molecule has 2 aliphatic carbocycles. The summed E-state index contributed by atoms with van der Waals surface area (Å²) in [5.74, 6) is 3.49. The molecular weight excluding hydrogens is 362 g/mol. The Labute approximate surface area is 172 Å². The van der Waals surface area contributed by atoms with Crippen LogP contribution in [-0.2, 0) is 16.6 Å². The van der Waals surface area contributed by atoms with Crippen molar-refractivity contribution < 1.29 is 14.2 Å². The highest BCUT2D eigenvalue weighted by Gasteiger charge is 2.52. The molecule has 29 heavy (non-hydrogen) atoms. The van der Waals surface area contributed by atoms with Crippen LogP contribution < -0.4 is 9.47 Å². The number of para-hydroxylation sites is 1. The quantitative estimate of drug-likeness (QED) is 0.748. The van der Waals surface area contributed by atoms with E-state index in [2.05, 4.69) is 30.2 Å². The van der Waals surface area contributed by atoms with Crippen LogP contribution in [0.1, 0.15) is 24.0 Å². The van der Waals surface area contributed by atoms with Crippen LogP contribution >= 0.6 is 0 Å². The largest absolute Gasteiger partial charge is 0.501 e. The molecule has 0 N–H and O–H groups in total. The van der Waals surface area contributed by atoms with Crippen LogP contribution in [0.5, 0.6) is 17.2 Å². The Morgan fingerprint density at radius 1 is 1.00 bits per heavy atom. The maximum absolute atomic E-state index is 6.50. The van der Waals surface area contributed by atoms with E-state index >= 15 is 0 Å². The molecule has 2 aromatic rings. The number of methoxy groups -OCH3 is 2. The smallest absolute Gasteiger partial charge is 0.173 e. The SMILES string of the molecule is COC1=CC=C2[C@@H]3Cc4ccc(OC)c(Oc5ccccc5)c4[C@]2(CCN3C)C1. The van der Waals surface area contributed by atoms with Gasteiger partial charge in [-0.05, 0) is 61.8 Å². The van der Waals surface area contributed by atoms with Crippen molar-refractivity contribution >= 4 is 0 Å². The second kappa shape index (κ2) is 6.96. The van der Waals surface area contributed by atoms with Gasteiger partial charge in [-0.15, -0.1) is 0 Å². The summed E-state index contributed by atoms with van der Waals surface area (Å²) in [6.07, 6.45) is 7.33. The number of hydrogen-bond acceptors (Lipinski definition) is 4. The number of nitrogens with zero attached hydrogens (tertiary/aromatic N) is 1. The van der Waals surface area contributed by atoms with Gasteiger partial charge in [0.2, 0.25) is 0 Å². The van der Waals surface area contributed by atoms with Crippen LogP contribution in [0.25, 0.3) is 0 Å². The number of hydrogen-bond donors (Lipinski definition) is 0. The zero-order valence-electron chi connectivity index (χ0n) is 17.3. The average Bonchev–Trinajstić information content (AvgIpc) is 2.76. The fourth-order valence-electron chi connectivity index (χ4n) is 5.36. The van der Waals surface area contributed by atoms with Crippen LogP contribution in [0.2, 0.25) is 0 Å². The predicted octanol–water partition coefficient (Wildman–Crippen LogP) is 4.85. The van der Waals surface area contributed by atoms with Crippen molar-refractivity contribution in [2.24, 2.45) is 0 Å². The number of piperidine rings is 1. The standard InChI is InChI=1S/C25H27NO3/c1-26-14-13-25-16-19(27-2)10-11-20(25)21(26)15-17-9-12-22(28-3)24(23(17)25)29-18-7-5-4-6-8-18/h4-12,21H,13-16H2,1-3H3/t21-,25+/m0/s1. The molecule has 5 rings (SSSR count). The predicted molar refractivity (Wildman–Crippen MR) is 114 cm³/mol. The highest BCUT2D eigenvalue weighted by Crippen LogP contribution is 2.58. The van der Waals surface area contributed by atoms with E-state index in [0.29, 0.717) is 6.04 Å². The zero-order valence-corrected chi connectivity index (χ0v) is 17.3. The van der Waals surface area contributed by atoms with Crippen molar-refractivity contribution in [1.82, 2.24) is 4.90 Å². The summed E-state index contributed by atoms with van der Waals surface area (Å²) in [5, 5.41) is 0. The van der Waals surface area contributed by atoms with Gasteiger partial charge in [0.05, 0.1) is 20.0 Å². The highest BCUT2D eigenvalue weighted by atomic mass is 16.5. The second-order valence-corrected chi connectivity index (χ2v) is 8.21. The van der Waals surface area contributed by atoms with Crippen LogP contribution in [0, 0.1) is 0 Å². The third kappa shape index (κ3) is 2.77. The minimum atomic E-state index is -0.108. The third-order valence-corrected chi connectivity index (χ3v) is 6.80. The van der Waals surface area contributed by atoms with Gasteiger partial charge in [0.25, 0.3) is 0 Å². The summed E-state index contributed by atoms with van der Waals surface area (Å²) in [4.78, 5) is 2.49. The summed E-state index contributed by atoms with van der Waals surface area (Å²) in [6, 6.07) is 14.7. The molecule has 0 aromatic heterocycles. The maximum atomic E-state index is 6.50. The normalized spacial score (nSPS) is 25.3. The molecule has 0 radical (unpaired) electrons. The molecule has 4 nitrogen and oxygen atoms in total. The summed E-state index contributed by atoms with van der Waals surface area (Å²) >= 11 is 0. The van der Waals surface area contributed by atoms with Crippen molar-refractivity contribution in [3.8, 4) is 17.2 Å². The van der Waals surface area contributed by atoms with Gasteiger partial charge in [-0.1, -0.05) is 30.3 Å². The lowest BCUT2D eigenvalue weighted by atomic mass is 9.57. The molecule has 1 fully saturated rings. The number of likely N-dealkylation sites (tertiary alicyclic amines) is 1. The summed E-state index contributed by atoms with van der Waals surface area (Å²) in [6.45, 7) is 1.06. The van der Waals surface area contributed by atoms with Gasteiger partial charge in [-0.3, -0.25) is 4.90 Å². The van der Waals surface area contributed by atoms with E-state index in [0.717, 1.165) is 48.8 Å². The first-order valence-corrected chi connectivity index (χ1v) is 10.2. The topological polar surface area (TPSA) is 30.9 Å². The van der Waals surface area contributed by atoms with E-state index in [1.165, 1.54) is 16.7 Å². The lowest BCUT2D eigenvalue weighted by Crippen LogP contribution is -2.54. The van der Waals surface area contributed by atoms with Gasteiger partial charge in [0.15, 0.2) is 11.5 Å². The Morgan fingerprint density at radius 2 is 1.83 bits per heavy atom. The first-order chi connectivity index (χ1) is 14.2. The Hall–Kier alpha value is -2.72. The van der Waals surface area contributed by atoms with Gasteiger partial charge in [-0.2, -0.15) is 0 Å². The minimum Gasteiger partial charge on any atom is -0.501 e. The molecule has 1 saturated heterocycles. The molecule has 4 heteroatoms. The molecule has 0 spiro atoms. The van der Waals surface area contributed by atoms with Gasteiger partial charge in [-0.25, -0.2) is 0 Å². The van der Waals surface area contributed by atoms with Gasteiger partial charge >= 0.3 is 0 Å². The Morgan fingerprint density at radius 3 is 2.59 bits per heavy atom. The first kappa shape index (κ1) is 18.3. The van der Waals surface area contributed by atoms with Gasteiger partial charge < -0.3 is 14.2 Å². The highest BCUT2D eigenvalue weighted by molar-refractivity contribution is 5.63. The molecule has 0 saturated carbocycles. The number of rotatable bonds is 4. The van der Waals surface area contributed by atoms with Gasteiger partial charge in [0.1, 0.15) is 5.75 Å². The van der Waals surface area contributed by atoms with E-state index in [1.54, 1.807) is 14.2 Å². The fraction of sp³-hybridized carbons (Fsp3) is 0.360. The molecule has 0 amide bonds. The van der Waals surface area contributed by atoms with E-state index in [9.17, 15) is 0 Å². The van der Waals surface area contributed by atoms with Crippen LogP contribution in [0.15, 0.2) is 65.9 Å². The molecule has 2 aromatic carbocycles. The van der Waals surface area contributed by atoms with Crippen LogP contribution in [0.4, 0.5) is 0 Å². The molecule has 0 unspecified atom stereocenters. The Kier molecular flexibility index (Phi) is 4.39. The lowest BCUT2D eigenvalue weighted by molar-refractivity contribution is 0.147. The van der Waals surface area contributed by atoms with E-state index in [1.807, 2.05) is 36.4 Å². The first-order valence-electron chi connectivity index (χ1n) is 10.2. The van der Waals surface area contributed by atoms with Crippen molar-refractivity contribution in [2.45, 2.75) is 30.7 Å². The molecule has 150 valence electrons. The Balaban J connectivity index is 1.73. The third-order valence-electron chi connectivity index (χ3n) is 6.80. The number of ether oxygens (including phenoxy) is 3. The molecule has 1 heterocycles. The molecule has 3 aliphatic rings. The molecule has 1 aliphatic heterocycles. The zero-order chi connectivity index (χ0) is 20.0. The monoisotopic (exact) mass is 389 g/mol. The van der Waals surface area contributed by atoms with Gasteiger partial charge in [0, 0.05) is 23.4 Å². The molecule has 2 bridgehead atoms. The van der Waals surface area contributed by atoms with E-state index in [4.69, 9.17) is 14.2 Å². The van der Waals surface area contributed by atoms with Crippen molar-refractivity contribution in [3.05, 3.63) is 77.1 Å². The number of benzene rings is 2. The Bertz CT molecular complexity index is 995. The van der Waals surface area contributed by atoms with Crippen molar-refractivity contribution in [2.75, 3.05) is 27.8 Å². The van der Waals surface area contributed by atoms with Crippen molar-refractivity contribution in [1.29, 1.82) is 0 Å². The number of fused-ring (bicyclic) bond motifs is 1. The summed E-state index contributed by atoms with van der Waals surface area (Å²) < 4.78 is 18.0. The summed E-state index contributed by atoms with van der Waals surface area (Å²) in [5.41, 5.74) is 4.00. The minimum absolute atomic E-state index is 0.108. The van der Waals surface area contributed by atoms with Crippen molar-refractivity contribution in [3.63, 3.8) is 0 Å². The van der Waals surface area contributed by atoms with E-state index < -0.39 is 0 Å². The molecular formula is C25H27NO3. The molecule has 2 atom stereocenters. The second-order valence-electron chi connectivity index (χ2n) is 8.21. The van der Waals surface area contributed by atoms with E-state index in [-0.39, 0.29) is 5.41 Å². The maximum Gasteiger partial charge on any atom is 0.173 e. The lowest BCUT2D eigenvalue weighted by Gasteiger charge is -2.54. The van der Waals surface area contributed by atoms with Crippen LogP contribution in [-0.4, -0.2) is 38.8 Å². The van der Waals surface area contributed by atoms with Crippen LogP contribution in [0.3, 0.4) is 0 Å². The number of likely N-dealkylation sites (N-methyl/N-ethyl adjacent to an activating group) is 1. The fourth-order valence-corrected chi connectivity index (χ4v) is 5.36. The summed E-state index contributed by atoms with van der Waals surface area (Å²) in [7, 11) is 5.72.